The van der Waals surface area contributed by atoms with E-state index in [0.717, 1.165) is 10.9 Å². The maximum atomic E-state index is 11.8. The van der Waals surface area contributed by atoms with Crippen molar-refractivity contribution in [2.75, 3.05) is 0 Å². The summed E-state index contributed by atoms with van der Waals surface area (Å²) in [6, 6.07) is 9.22. The molecule has 0 unspecified atom stereocenters. The number of H-pyrrole nitrogens is 1. The Kier molecular flexibility index (Phi) is 1.94. The van der Waals surface area contributed by atoms with E-state index in [2.05, 4.69) is 9.97 Å². The van der Waals surface area contributed by atoms with Crippen LogP contribution in [0.3, 0.4) is 0 Å². The van der Waals surface area contributed by atoms with Crippen LogP contribution in [0.1, 0.15) is 0 Å². The van der Waals surface area contributed by atoms with Crippen molar-refractivity contribution in [3.05, 3.63) is 52.0 Å². The van der Waals surface area contributed by atoms with Crippen LogP contribution < -0.4 is 5.56 Å². The highest BCUT2D eigenvalue weighted by Crippen LogP contribution is 2.25. The Morgan fingerprint density at radius 1 is 1.12 bits per heavy atom. The highest BCUT2D eigenvalue weighted by molar-refractivity contribution is 6.35. The molecule has 0 aliphatic heterocycles. The van der Waals surface area contributed by atoms with Gasteiger partial charge < -0.3 is 4.98 Å². The van der Waals surface area contributed by atoms with Gasteiger partial charge in [-0.1, -0.05) is 29.8 Å². The number of nitrogens with zero attached hydrogens (tertiary/aromatic N) is 1. The third-order valence-electron chi connectivity index (χ3n) is 2.58. The topological polar surface area (TPSA) is 45.8 Å². The average molecular weight is 231 g/mol. The van der Waals surface area contributed by atoms with Gasteiger partial charge in [-0.25, -0.2) is 4.98 Å². The predicted octanol–water partition coefficient (Wildman–Crippen LogP) is 2.73. The second kappa shape index (κ2) is 3.32. The predicted molar refractivity (Wildman–Crippen MR) is 64.9 cm³/mol. The van der Waals surface area contributed by atoms with Crippen LogP contribution in [-0.4, -0.2) is 9.97 Å². The lowest BCUT2D eigenvalue weighted by atomic mass is 10.1. The lowest BCUT2D eigenvalue weighted by molar-refractivity contribution is 1.27. The van der Waals surface area contributed by atoms with Crippen molar-refractivity contribution in [2.24, 2.45) is 0 Å². The second-order valence-electron chi connectivity index (χ2n) is 3.52. The number of nitrogens with one attached hydrogen (secondary N) is 1. The first-order chi connectivity index (χ1) is 7.77. The van der Waals surface area contributed by atoms with Gasteiger partial charge in [0, 0.05) is 17.0 Å². The number of aromatic amines is 1. The summed E-state index contributed by atoms with van der Waals surface area (Å²) in [6.45, 7) is 0. The molecule has 0 atom stereocenters. The molecule has 0 aliphatic rings. The number of hydrogen-bond acceptors (Lipinski definition) is 2. The van der Waals surface area contributed by atoms with Crippen molar-refractivity contribution < 1.29 is 0 Å². The smallest absolute Gasteiger partial charge is 0.256 e. The summed E-state index contributed by atoms with van der Waals surface area (Å²) < 4.78 is 0. The molecule has 0 saturated heterocycles. The molecule has 0 radical (unpaired) electrons. The summed E-state index contributed by atoms with van der Waals surface area (Å²) in [7, 11) is 0. The molecule has 1 N–H and O–H groups in total. The molecule has 2 heterocycles. The van der Waals surface area contributed by atoms with E-state index in [1.54, 1.807) is 12.3 Å². The normalized spacial score (nSPS) is 11.1. The second-order valence-corrected chi connectivity index (χ2v) is 3.87. The van der Waals surface area contributed by atoms with Gasteiger partial charge in [-0.3, -0.25) is 4.79 Å². The largest absolute Gasteiger partial charge is 0.329 e. The standard InChI is InChI=1S/C12H7ClN2O/c13-11-8-5-6-14-12(16)10(8)7-3-1-2-4-9(7)15-11/h1-6H,(H,14,16). The van der Waals surface area contributed by atoms with Gasteiger partial charge in [0.1, 0.15) is 5.15 Å². The number of pyridine rings is 2. The van der Waals surface area contributed by atoms with Crippen molar-refractivity contribution in [3.8, 4) is 0 Å². The minimum atomic E-state index is -0.141. The monoisotopic (exact) mass is 230 g/mol. The zero-order valence-corrected chi connectivity index (χ0v) is 8.95. The SMILES string of the molecule is O=c1[nH]ccc2c(Cl)nc3ccccc3c12. The molecule has 1 aromatic carbocycles. The molecular formula is C12H7ClN2O. The maximum absolute atomic E-state index is 11.8. The first-order valence-electron chi connectivity index (χ1n) is 4.83. The summed E-state index contributed by atoms with van der Waals surface area (Å²) in [5.74, 6) is 0. The third kappa shape index (κ3) is 1.22. The highest BCUT2D eigenvalue weighted by atomic mass is 35.5. The first kappa shape index (κ1) is 9.36. The van der Waals surface area contributed by atoms with E-state index in [1.165, 1.54) is 0 Å². The van der Waals surface area contributed by atoms with Crippen molar-refractivity contribution >= 4 is 33.3 Å². The van der Waals surface area contributed by atoms with Crippen LogP contribution in [0, 0.1) is 0 Å². The average Bonchev–Trinajstić information content (AvgIpc) is 2.30. The molecule has 2 aromatic heterocycles. The molecule has 16 heavy (non-hydrogen) atoms. The minimum Gasteiger partial charge on any atom is -0.329 e. The van der Waals surface area contributed by atoms with Crippen LogP contribution in [0.5, 0.6) is 0 Å². The van der Waals surface area contributed by atoms with Gasteiger partial charge in [0.25, 0.3) is 5.56 Å². The summed E-state index contributed by atoms with van der Waals surface area (Å²) >= 11 is 6.04. The maximum Gasteiger partial charge on any atom is 0.256 e. The van der Waals surface area contributed by atoms with Gasteiger partial charge in [-0.2, -0.15) is 0 Å². The van der Waals surface area contributed by atoms with Gasteiger partial charge in [0.05, 0.1) is 10.9 Å². The van der Waals surface area contributed by atoms with Crippen LogP contribution in [0.15, 0.2) is 41.3 Å². The van der Waals surface area contributed by atoms with Crippen LogP contribution in [0.2, 0.25) is 5.15 Å². The molecule has 4 heteroatoms. The molecule has 0 spiro atoms. The van der Waals surface area contributed by atoms with Crippen LogP contribution >= 0.6 is 11.6 Å². The number of rotatable bonds is 0. The lowest BCUT2D eigenvalue weighted by Crippen LogP contribution is -2.05. The van der Waals surface area contributed by atoms with Gasteiger partial charge in [-0.15, -0.1) is 0 Å². The van der Waals surface area contributed by atoms with Crippen molar-refractivity contribution in [1.82, 2.24) is 9.97 Å². The van der Waals surface area contributed by atoms with Gasteiger partial charge in [0.2, 0.25) is 0 Å². The fourth-order valence-corrected chi connectivity index (χ4v) is 2.11. The zero-order valence-electron chi connectivity index (χ0n) is 8.20. The number of halogens is 1. The number of fused-ring (bicyclic) bond motifs is 3. The van der Waals surface area contributed by atoms with Crippen LogP contribution in [0.4, 0.5) is 0 Å². The number of hydrogen-bond donors (Lipinski definition) is 1. The van der Waals surface area contributed by atoms with Crippen molar-refractivity contribution in [1.29, 1.82) is 0 Å². The molecule has 3 rings (SSSR count). The Hall–Kier alpha value is -1.87. The Bertz CT molecular complexity index is 749. The fraction of sp³-hybridized carbons (Fsp3) is 0. The molecule has 0 aliphatic carbocycles. The minimum absolute atomic E-state index is 0.141. The number of aromatic nitrogens is 2. The molecular weight excluding hydrogens is 224 g/mol. The summed E-state index contributed by atoms with van der Waals surface area (Å²) in [6.07, 6.45) is 1.58. The first-order valence-corrected chi connectivity index (χ1v) is 5.21. The quantitative estimate of drug-likeness (QED) is 0.477. The van der Waals surface area contributed by atoms with Crippen molar-refractivity contribution in [3.63, 3.8) is 0 Å². The highest BCUT2D eigenvalue weighted by Gasteiger charge is 2.08. The van der Waals surface area contributed by atoms with E-state index in [0.29, 0.717) is 15.9 Å². The Labute approximate surface area is 95.7 Å². The van der Waals surface area contributed by atoms with Crippen molar-refractivity contribution in [2.45, 2.75) is 0 Å². The molecule has 78 valence electrons. The Morgan fingerprint density at radius 2 is 1.94 bits per heavy atom. The zero-order chi connectivity index (χ0) is 11.1. The fourth-order valence-electron chi connectivity index (χ4n) is 1.87. The molecule has 0 fully saturated rings. The lowest BCUT2D eigenvalue weighted by Gasteiger charge is -2.03. The van der Waals surface area contributed by atoms with E-state index < -0.39 is 0 Å². The summed E-state index contributed by atoms with van der Waals surface area (Å²) in [4.78, 5) is 18.7. The van der Waals surface area contributed by atoms with E-state index in [9.17, 15) is 4.79 Å². The Morgan fingerprint density at radius 3 is 2.81 bits per heavy atom. The molecule has 3 nitrogen and oxygen atoms in total. The molecule has 0 saturated carbocycles. The molecule has 0 amide bonds. The van der Waals surface area contributed by atoms with Gasteiger partial charge >= 0.3 is 0 Å². The number of benzene rings is 1. The Balaban J connectivity index is 2.73. The van der Waals surface area contributed by atoms with Crippen LogP contribution in [0.25, 0.3) is 21.7 Å². The molecule has 0 bridgehead atoms. The van der Waals surface area contributed by atoms with Crippen LogP contribution in [-0.2, 0) is 0 Å². The number of para-hydroxylation sites is 1. The van der Waals surface area contributed by atoms with Gasteiger partial charge in [0.15, 0.2) is 0 Å². The van der Waals surface area contributed by atoms with Gasteiger partial charge in [-0.05, 0) is 12.1 Å². The van der Waals surface area contributed by atoms with E-state index >= 15 is 0 Å². The molecule has 3 aromatic rings. The van der Waals surface area contributed by atoms with E-state index in [-0.39, 0.29) is 5.56 Å². The van der Waals surface area contributed by atoms with E-state index in [1.807, 2.05) is 24.3 Å². The summed E-state index contributed by atoms with van der Waals surface area (Å²) in [5, 5.41) is 2.46. The van der Waals surface area contributed by atoms with E-state index in [4.69, 9.17) is 11.6 Å². The third-order valence-corrected chi connectivity index (χ3v) is 2.86. The summed E-state index contributed by atoms with van der Waals surface area (Å²) in [5.41, 5.74) is 0.592.